The maximum absolute atomic E-state index is 11.6. The molecule has 0 bridgehead atoms. The van der Waals surface area contributed by atoms with Crippen LogP contribution in [0.2, 0.25) is 0 Å². The first kappa shape index (κ1) is 10.8. The molecule has 0 aromatic carbocycles. The van der Waals surface area contributed by atoms with E-state index < -0.39 is 0 Å². The fourth-order valence-electron chi connectivity index (χ4n) is 1.21. The van der Waals surface area contributed by atoms with E-state index in [4.69, 9.17) is 10.9 Å². The summed E-state index contributed by atoms with van der Waals surface area (Å²) in [5, 5.41) is 11.3. The molecule has 0 radical (unpaired) electrons. The highest BCUT2D eigenvalue weighted by atomic mass is 16.4. The summed E-state index contributed by atoms with van der Waals surface area (Å²) in [7, 11) is 1.67. The second-order valence-electron chi connectivity index (χ2n) is 3.85. The molecule has 0 aromatic heterocycles. The summed E-state index contributed by atoms with van der Waals surface area (Å²) in [4.78, 5) is 13.1. The predicted octanol–water partition coefficient (Wildman–Crippen LogP) is 0.380. The molecule has 1 unspecified atom stereocenters. The molecule has 80 valence electrons. The molecule has 1 fully saturated rings. The van der Waals surface area contributed by atoms with Crippen LogP contribution in [0.5, 0.6) is 0 Å². The van der Waals surface area contributed by atoms with Gasteiger partial charge in [-0.05, 0) is 25.7 Å². The van der Waals surface area contributed by atoms with Crippen LogP contribution in [0.25, 0.3) is 0 Å². The summed E-state index contributed by atoms with van der Waals surface area (Å²) < 4.78 is 0. The molecule has 5 nitrogen and oxygen atoms in total. The number of carbonyl (C=O) groups excluding carboxylic acids is 1. The lowest BCUT2D eigenvalue weighted by Gasteiger charge is -2.23. The highest BCUT2D eigenvalue weighted by molar-refractivity contribution is 5.89. The standard InChI is InChI=1S/C9H17N3O2/c1-6(9(10)11-14)12(2)8(13)5-7-3-4-7/h6-7,14H,3-5H2,1-2H3,(H2,10,11). The first-order valence-corrected chi connectivity index (χ1v) is 4.79. The maximum atomic E-state index is 11.6. The molecule has 0 spiro atoms. The molecule has 5 heteroatoms. The molecule has 0 aromatic rings. The van der Waals surface area contributed by atoms with Gasteiger partial charge in [-0.3, -0.25) is 4.79 Å². The van der Waals surface area contributed by atoms with Gasteiger partial charge in [-0.2, -0.15) is 0 Å². The van der Waals surface area contributed by atoms with Crippen LogP contribution in [0.4, 0.5) is 0 Å². The number of hydrogen-bond acceptors (Lipinski definition) is 3. The number of oxime groups is 1. The topological polar surface area (TPSA) is 78.9 Å². The fourth-order valence-corrected chi connectivity index (χ4v) is 1.21. The van der Waals surface area contributed by atoms with Crippen molar-refractivity contribution in [3.8, 4) is 0 Å². The molecule has 1 aliphatic carbocycles. The SMILES string of the molecule is CC(C(N)=NO)N(C)C(=O)CC1CC1. The maximum Gasteiger partial charge on any atom is 0.223 e. The Hall–Kier alpha value is -1.26. The second-order valence-corrected chi connectivity index (χ2v) is 3.85. The van der Waals surface area contributed by atoms with E-state index in [-0.39, 0.29) is 17.8 Å². The van der Waals surface area contributed by atoms with Gasteiger partial charge in [-0.25, -0.2) is 0 Å². The average molecular weight is 199 g/mol. The summed E-state index contributed by atoms with van der Waals surface area (Å²) in [6, 6.07) is -0.341. The third-order valence-electron chi connectivity index (χ3n) is 2.68. The van der Waals surface area contributed by atoms with Crippen LogP contribution < -0.4 is 5.73 Å². The number of amidine groups is 1. The minimum atomic E-state index is -0.341. The van der Waals surface area contributed by atoms with E-state index in [0.717, 1.165) is 12.8 Å². The van der Waals surface area contributed by atoms with Gasteiger partial charge in [-0.15, -0.1) is 0 Å². The Kier molecular flexibility index (Phi) is 3.33. The third-order valence-corrected chi connectivity index (χ3v) is 2.68. The van der Waals surface area contributed by atoms with E-state index >= 15 is 0 Å². The molecule has 1 saturated carbocycles. The molecule has 0 saturated heterocycles. The Labute approximate surface area is 83.6 Å². The lowest BCUT2D eigenvalue weighted by Crippen LogP contribution is -2.43. The minimum Gasteiger partial charge on any atom is -0.409 e. The van der Waals surface area contributed by atoms with Gasteiger partial charge >= 0.3 is 0 Å². The molecule has 0 heterocycles. The van der Waals surface area contributed by atoms with Crippen LogP contribution in [-0.2, 0) is 4.79 Å². The van der Waals surface area contributed by atoms with E-state index in [9.17, 15) is 4.79 Å². The van der Waals surface area contributed by atoms with Crippen LogP contribution >= 0.6 is 0 Å². The molecule has 3 N–H and O–H groups in total. The number of amides is 1. The normalized spacial score (nSPS) is 19.1. The zero-order chi connectivity index (χ0) is 10.7. The Morgan fingerprint density at radius 2 is 2.29 bits per heavy atom. The van der Waals surface area contributed by atoms with Crippen LogP contribution in [-0.4, -0.2) is 34.9 Å². The number of likely N-dealkylation sites (N-methyl/N-ethyl adjacent to an activating group) is 1. The lowest BCUT2D eigenvalue weighted by molar-refractivity contribution is -0.131. The highest BCUT2D eigenvalue weighted by Crippen LogP contribution is 2.32. The summed E-state index contributed by atoms with van der Waals surface area (Å²) in [6.45, 7) is 1.74. The highest BCUT2D eigenvalue weighted by Gasteiger charge is 2.28. The number of rotatable bonds is 4. The van der Waals surface area contributed by atoms with Crippen LogP contribution in [0, 0.1) is 5.92 Å². The van der Waals surface area contributed by atoms with E-state index in [1.807, 2.05) is 0 Å². The van der Waals surface area contributed by atoms with E-state index in [1.165, 1.54) is 4.90 Å². The van der Waals surface area contributed by atoms with Gasteiger partial charge in [0.15, 0.2) is 5.84 Å². The summed E-state index contributed by atoms with van der Waals surface area (Å²) in [5.41, 5.74) is 5.41. The molecule has 1 amide bonds. The quantitative estimate of drug-likeness (QED) is 0.297. The molecule has 1 atom stereocenters. The molecule has 1 aliphatic rings. The van der Waals surface area contributed by atoms with Gasteiger partial charge in [0.05, 0.1) is 6.04 Å². The minimum absolute atomic E-state index is 0.0617. The summed E-state index contributed by atoms with van der Waals surface area (Å²) in [6.07, 6.45) is 2.88. The first-order chi connectivity index (χ1) is 6.56. The largest absolute Gasteiger partial charge is 0.409 e. The van der Waals surface area contributed by atoms with Crippen molar-refractivity contribution in [3.05, 3.63) is 0 Å². The van der Waals surface area contributed by atoms with Crippen LogP contribution in [0.1, 0.15) is 26.2 Å². The monoisotopic (exact) mass is 199 g/mol. The van der Waals surface area contributed by atoms with Crippen molar-refractivity contribution in [2.45, 2.75) is 32.2 Å². The van der Waals surface area contributed by atoms with Crippen molar-refractivity contribution in [1.82, 2.24) is 4.90 Å². The zero-order valence-electron chi connectivity index (χ0n) is 8.60. The number of nitrogens with two attached hydrogens (primary N) is 1. The van der Waals surface area contributed by atoms with E-state index in [2.05, 4.69) is 5.16 Å². The van der Waals surface area contributed by atoms with Crippen molar-refractivity contribution in [3.63, 3.8) is 0 Å². The van der Waals surface area contributed by atoms with Crippen LogP contribution in [0.3, 0.4) is 0 Å². The van der Waals surface area contributed by atoms with Gasteiger partial charge in [-0.1, -0.05) is 5.16 Å². The first-order valence-electron chi connectivity index (χ1n) is 4.79. The van der Waals surface area contributed by atoms with Crippen molar-refractivity contribution in [1.29, 1.82) is 0 Å². The third kappa shape index (κ3) is 2.61. The van der Waals surface area contributed by atoms with Crippen LogP contribution in [0.15, 0.2) is 5.16 Å². The van der Waals surface area contributed by atoms with Crippen molar-refractivity contribution in [2.75, 3.05) is 7.05 Å². The van der Waals surface area contributed by atoms with Gasteiger partial charge in [0.25, 0.3) is 0 Å². The predicted molar refractivity (Wildman–Crippen MR) is 53.0 cm³/mol. The molecular formula is C9H17N3O2. The van der Waals surface area contributed by atoms with Crippen molar-refractivity contribution >= 4 is 11.7 Å². The Morgan fingerprint density at radius 1 is 1.71 bits per heavy atom. The lowest BCUT2D eigenvalue weighted by atomic mass is 10.2. The van der Waals surface area contributed by atoms with Gasteiger partial charge in [0, 0.05) is 13.5 Å². The van der Waals surface area contributed by atoms with Crippen molar-refractivity contribution in [2.24, 2.45) is 16.8 Å². The fraction of sp³-hybridized carbons (Fsp3) is 0.778. The summed E-state index contributed by atoms with van der Waals surface area (Å²) >= 11 is 0. The average Bonchev–Trinajstić information content (AvgIpc) is 2.97. The molecule has 1 rings (SSSR count). The smallest absolute Gasteiger partial charge is 0.223 e. The van der Waals surface area contributed by atoms with Crippen molar-refractivity contribution < 1.29 is 10.0 Å². The van der Waals surface area contributed by atoms with Gasteiger partial charge in [0.2, 0.25) is 5.91 Å². The van der Waals surface area contributed by atoms with Gasteiger partial charge in [0.1, 0.15) is 0 Å². The van der Waals surface area contributed by atoms with E-state index in [0.29, 0.717) is 12.3 Å². The number of hydrogen-bond donors (Lipinski definition) is 2. The molecule has 14 heavy (non-hydrogen) atoms. The Morgan fingerprint density at radius 3 is 2.71 bits per heavy atom. The molecular weight excluding hydrogens is 182 g/mol. The Balaban J connectivity index is 2.45. The Bertz CT molecular complexity index is 248. The number of nitrogens with zero attached hydrogens (tertiary/aromatic N) is 2. The molecule has 0 aliphatic heterocycles. The van der Waals surface area contributed by atoms with Gasteiger partial charge < -0.3 is 15.8 Å². The van der Waals surface area contributed by atoms with E-state index in [1.54, 1.807) is 14.0 Å². The zero-order valence-corrected chi connectivity index (χ0v) is 8.60. The summed E-state index contributed by atoms with van der Waals surface area (Å²) in [5.74, 6) is 0.688. The number of carbonyl (C=O) groups is 1. The second kappa shape index (κ2) is 4.30.